The predicted molar refractivity (Wildman–Crippen MR) is 136 cm³/mol. The highest BCUT2D eigenvalue weighted by Gasteiger charge is 2.31. The van der Waals surface area contributed by atoms with Crippen LogP contribution in [0.4, 0.5) is 0 Å². The van der Waals surface area contributed by atoms with Crippen LogP contribution in [0.1, 0.15) is 35.7 Å². The van der Waals surface area contributed by atoms with E-state index in [2.05, 4.69) is 21.6 Å². The Hall–Kier alpha value is -2.59. The second-order valence-corrected chi connectivity index (χ2v) is 11.1. The molecule has 0 amide bonds. The number of benzene rings is 2. The summed E-state index contributed by atoms with van der Waals surface area (Å²) in [6.07, 6.45) is 3.97. The molecule has 178 valence electrons. The summed E-state index contributed by atoms with van der Waals surface area (Å²) in [6, 6.07) is 19.8. The quantitative estimate of drug-likeness (QED) is 0.444. The predicted octanol–water partition coefficient (Wildman–Crippen LogP) is 3.92. The lowest BCUT2D eigenvalue weighted by molar-refractivity contribution is 0.145. The molecule has 1 saturated heterocycles. The van der Waals surface area contributed by atoms with Crippen LogP contribution in [-0.2, 0) is 23.2 Å². The molecule has 7 nitrogen and oxygen atoms in total. The fourth-order valence-electron chi connectivity index (χ4n) is 4.24. The first-order valence-corrected chi connectivity index (χ1v) is 13.6. The van der Waals surface area contributed by atoms with Gasteiger partial charge in [0.2, 0.25) is 10.0 Å². The molecule has 9 heteroatoms. The first kappa shape index (κ1) is 23.2. The summed E-state index contributed by atoms with van der Waals surface area (Å²) >= 11 is 5.81. The van der Waals surface area contributed by atoms with Crippen molar-refractivity contribution in [2.45, 2.75) is 32.0 Å². The van der Waals surface area contributed by atoms with E-state index in [9.17, 15) is 8.42 Å². The maximum Gasteiger partial charge on any atom is 0.236 e. The molecule has 0 spiro atoms. The average Bonchev–Trinajstić information content (AvgIpc) is 3.66. The summed E-state index contributed by atoms with van der Waals surface area (Å²) in [5.74, 6) is 1.56. The number of nitrogens with zero attached hydrogens (tertiary/aromatic N) is 5. The topological polar surface area (TPSA) is 63.4 Å². The van der Waals surface area contributed by atoms with Gasteiger partial charge in [0.25, 0.3) is 0 Å². The van der Waals surface area contributed by atoms with Crippen molar-refractivity contribution >= 4 is 28.3 Å². The van der Waals surface area contributed by atoms with Gasteiger partial charge in [-0.3, -0.25) is 9.47 Å². The molecule has 34 heavy (non-hydrogen) atoms. The molecular formula is C25H29N5O2S2. The van der Waals surface area contributed by atoms with Gasteiger partial charge in [-0.05, 0) is 42.3 Å². The highest BCUT2D eigenvalue weighted by atomic mass is 32.2. The molecule has 1 aliphatic heterocycles. The molecule has 0 radical (unpaired) electrons. The minimum absolute atomic E-state index is 0.453. The van der Waals surface area contributed by atoms with E-state index < -0.39 is 10.0 Å². The van der Waals surface area contributed by atoms with Crippen molar-refractivity contribution in [3.63, 3.8) is 0 Å². The zero-order valence-electron chi connectivity index (χ0n) is 19.0. The molecule has 2 heterocycles. The van der Waals surface area contributed by atoms with Gasteiger partial charge in [0.05, 0.1) is 13.2 Å². The number of hydrogen-bond donors (Lipinski definition) is 0. The van der Waals surface area contributed by atoms with Crippen molar-refractivity contribution in [2.75, 3.05) is 26.2 Å². The van der Waals surface area contributed by atoms with Crippen molar-refractivity contribution in [1.29, 1.82) is 0 Å². The third-order valence-electron chi connectivity index (χ3n) is 6.33. The second-order valence-electron chi connectivity index (χ2n) is 8.90. The van der Waals surface area contributed by atoms with Gasteiger partial charge >= 0.3 is 0 Å². The lowest BCUT2D eigenvalue weighted by atomic mass is 10.2. The zero-order chi connectivity index (χ0) is 23.5. The molecule has 5 rings (SSSR count). The maximum absolute atomic E-state index is 12.8. The Bertz CT molecular complexity index is 1300. The molecule has 2 fully saturated rings. The van der Waals surface area contributed by atoms with Gasteiger partial charge in [0.15, 0.2) is 4.77 Å². The highest BCUT2D eigenvalue weighted by molar-refractivity contribution is 7.92. The largest absolute Gasteiger partial charge is 0.299 e. The second kappa shape index (κ2) is 9.95. The van der Waals surface area contributed by atoms with E-state index in [-0.39, 0.29) is 0 Å². The molecule has 0 bridgehead atoms. The van der Waals surface area contributed by atoms with E-state index in [1.807, 2.05) is 53.2 Å². The minimum atomic E-state index is -3.45. The van der Waals surface area contributed by atoms with E-state index in [1.54, 1.807) is 10.4 Å². The molecule has 2 aromatic carbocycles. The molecule has 0 N–H and O–H groups in total. The fraction of sp³-hybridized carbons (Fsp3) is 0.360. The Morgan fingerprint density at radius 1 is 0.941 bits per heavy atom. The lowest BCUT2D eigenvalue weighted by Crippen LogP contribution is -2.48. The van der Waals surface area contributed by atoms with Gasteiger partial charge < -0.3 is 0 Å². The number of rotatable bonds is 8. The SMILES string of the molecule is O=S(=O)(/C=C/c1ccccc1)N1CCN(Cn2nc(C3CC3)n(Cc3ccccc3)c2=S)CC1. The van der Waals surface area contributed by atoms with Crippen LogP contribution in [0, 0.1) is 4.77 Å². The lowest BCUT2D eigenvalue weighted by Gasteiger charge is -2.33. The summed E-state index contributed by atoms with van der Waals surface area (Å²) in [5.41, 5.74) is 2.08. The van der Waals surface area contributed by atoms with Crippen LogP contribution in [-0.4, -0.2) is 58.1 Å². The molecule has 0 atom stereocenters. The van der Waals surface area contributed by atoms with Crippen LogP contribution in [0.3, 0.4) is 0 Å². The van der Waals surface area contributed by atoms with E-state index in [1.165, 1.54) is 11.0 Å². The van der Waals surface area contributed by atoms with Crippen LogP contribution < -0.4 is 0 Å². The molecule has 2 aliphatic rings. The Kier molecular flexibility index (Phi) is 6.78. The molecular weight excluding hydrogens is 466 g/mol. The van der Waals surface area contributed by atoms with Gasteiger partial charge in [-0.15, -0.1) is 0 Å². The van der Waals surface area contributed by atoms with Crippen molar-refractivity contribution in [3.8, 4) is 0 Å². The van der Waals surface area contributed by atoms with Crippen LogP contribution in [0.2, 0.25) is 0 Å². The standard InChI is InChI=1S/C25H29N5O2S2/c31-34(32,18-13-21-7-3-1-4-8-21)28-16-14-27(15-17-28)20-30-25(33)29(24(26-30)23-11-12-23)19-22-9-5-2-6-10-22/h1-10,13,18,23H,11-12,14-17,19-20H2/b18-13+. The highest BCUT2D eigenvalue weighted by Crippen LogP contribution is 2.39. The van der Waals surface area contributed by atoms with Gasteiger partial charge in [-0.1, -0.05) is 60.7 Å². The van der Waals surface area contributed by atoms with Gasteiger partial charge in [0, 0.05) is 37.5 Å². The first-order valence-electron chi connectivity index (χ1n) is 11.7. The Morgan fingerprint density at radius 2 is 1.59 bits per heavy atom. The zero-order valence-corrected chi connectivity index (χ0v) is 20.7. The molecule has 1 aliphatic carbocycles. The van der Waals surface area contributed by atoms with E-state index in [4.69, 9.17) is 17.3 Å². The van der Waals surface area contributed by atoms with Gasteiger partial charge in [0.1, 0.15) is 5.82 Å². The summed E-state index contributed by atoms with van der Waals surface area (Å²) < 4.78 is 31.9. The maximum atomic E-state index is 12.8. The van der Waals surface area contributed by atoms with E-state index in [0.29, 0.717) is 38.8 Å². The molecule has 1 aromatic heterocycles. The number of aromatic nitrogens is 3. The summed E-state index contributed by atoms with van der Waals surface area (Å²) in [6.45, 7) is 3.50. The third kappa shape index (κ3) is 5.38. The summed E-state index contributed by atoms with van der Waals surface area (Å²) in [4.78, 5) is 2.22. The first-order chi connectivity index (χ1) is 16.5. The Morgan fingerprint density at radius 3 is 2.24 bits per heavy atom. The summed E-state index contributed by atoms with van der Waals surface area (Å²) in [5, 5.41) is 6.19. The number of hydrogen-bond acceptors (Lipinski definition) is 5. The minimum Gasteiger partial charge on any atom is -0.299 e. The van der Waals surface area contributed by atoms with Crippen molar-refractivity contribution < 1.29 is 8.42 Å². The third-order valence-corrected chi connectivity index (χ3v) is 8.33. The molecule has 1 saturated carbocycles. The normalized spacial score (nSPS) is 18.0. The Balaban J connectivity index is 1.24. The van der Waals surface area contributed by atoms with Crippen LogP contribution >= 0.6 is 12.2 Å². The molecule has 0 unspecified atom stereocenters. The summed E-state index contributed by atoms with van der Waals surface area (Å²) in [7, 11) is -3.45. The fourth-order valence-corrected chi connectivity index (χ4v) is 5.67. The number of piperazine rings is 1. The average molecular weight is 496 g/mol. The van der Waals surface area contributed by atoms with Crippen LogP contribution in [0.15, 0.2) is 66.1 Å². The van der Waals surface area contributed by atoms with Crippen LogP contribution in [0.25, 0.3) is 6.08 Å². The van der Waals surface area contributed by atoms with Crippen molar-refractivity contribution in [2.24, 2.45) is 0 Å². The van der Waals surface area contributed by atoms with Crippen molar-refractivity contribution in [3.05, 3.63) is 87.8 Å². The Labute approximate surface area is 206 Å². The monoisotopic (exact) mass is 495 g/mol. The van der Waals surface area contributed by atoms with Gasteiger partial charge in [-0.25, -0.2) is 13.1 Å². The van der Waals surface area contributed by atoms with E-state index in [0.717, 1.165) is 35.5 Å². The number of sulfonamides is 1. The molecule has 3 aromatic rings. The smallest absolute Gasteiger partial charge is 0.236 e. The van der Waals surface area contributed by atoms with Crippen LogP contribution in [0.5, 0.6) is 0 Å². The van der Waals surface area contributed by atoms with Gasteiger partial charge in [-0.2, -0.15) is 9.40 Å². The van der Waals surface area contributed by atoms with Crippen molar-refractivity contribution in [1.82, 2.24) is 23.6 Å². The van der Waals surface area contributed by atoms with E-state index >= 15 is 0 Å².